The molecular weight excluding hydrogens is 454 g/mol. The summed E-state index contributed by atoms with van der Waals surface area (Å²) < 4.78 is 6.59. The fraction of sp³-hybridized carbons (Fsp3) is 0.409. The average molecular weight is 480 g/mol. The summed E-state index contributed by atoms with van der Waals surface area (Å²) in [7, 11) is 1.71. The highest BCUT2D eigenvalue weighted by Gasteiger charge is 2.14. The molecule has 1 aliphatic rings. The lowest BCUT2D eigenvalue weighted by Gasteiger charge is -2.26. The van der Waals surface area contributed by atoms with Gasteiger partial charge in [0, 0.05) is 46.1 Å². The zero-order valence-corrected chi connectivity index (χ0v) is 19.6. The van der Waals surface area contributed by atoms with Crippen LogP contribution in [-0.2, 0) is 13.0 Å². The lowest BCUT2D eigenvalue weighted by atomic mass is 10.1. The topological polar surface area (TPSA) is 29.5 Å². The van der Waals surface area contributed by atoms with E-state index in [0.717, 1.165) is 53.1 Å². The number of hydrogen-bond acceptors (Lipinski definition) is 5. The van der Waals surface area contributed by atoms with Crippen molar-refractivity contribution in [3.63, 3.8) is 0 Å². The monoisotopic (exact) mass is 479 g/mol. The Bertz CT molecular complexity index is 841. The van der Waals surface area contributed by atoms with Crippen LogP contribution in [0.1, 0.15) is 39.0 Å². The molecule has 1 fully saturated rings. The SMILES string of the molecule is CCCc1sc(C(=O)/C=C/c2ccc(OC)c(CN3CCSCC3)c2)cc1Br. The van der Waals surface area contributed by atoms with E-state index in [1.807, 2.05) is 36.0 Å². The molecule has 3 rings (SSSR count). The largest absolute Gasteiger partial charge is 0.496 e. The van der Waals surface area contributed by atoms with Crippen molar-refractivity contribution in [2.75, 3.05) is 31.7 Å². The van der Waals surface area contributed by atoms with E-state index in [-0.39, 0.29) is 5.78 Å². The third-order valence-electron chi connectivity index (χ3n) is 4.71. The standard InChI is InChI=1S/C22H26BrNO2S2/c1-3-4-21-18(23)14-22(28-21)19(25)7-5-16-6-8-20(26-2)17(13-16)15-24-9-11-27-12-10-24/h5-8,13-14H,3-4,9-12,15H2,1-2H3/b7-5+. The summed E-state index contributed by atoms with van der Waals surface area (Å²) in [6.45, 7) is 5.26. The molecule has 28 heavy (non-hydrogen) atoms. The minimum Gasteiger partial charge on any atom is -0.496 e. The predicted molar refractivity (Wildman–Crippen MR) is 125 cm³/mol. The number of carbonyl (C=O) groups excluding carboxylic acids is 1. The molecule has 0 unspecified atom stereocenters. The highest BCUT2D eigenvalue weighted by Crippen LogP contribution is 2.29. The minimum absolute atomic E-state index is 0.0541. The molecule has 1 aliphatic heterocycles. The minimum atomic E-state index is 0.0541. The van der Waals surface area contributed by atoms with Crippen molar-refractivity contribution in [1.82, 2.24) is 4.90 Å². The van der Waals surface area contributed by atoms with Crippen molar-refractivity contribution in [1.29, 1.82) is 0 Å². The van der Waals surface area contributed by atoms with Gasteiger partial charge in [-0.2, -0.15) is 11.8 Å². The maximum Gasteiger partial charge on any atom is 0.195 e. The summed E-state index contributed by atoms with van der Waals surface area (Å²) in [6, 6.07) is 8.08. The number of ketones is 1. The lowest BCUT2D eigenvalue weighted by molar-refractivity contribution is 0.105. The molecule has 0 atom stereocenters. The number of ether oxygens (including phenoxy) is 1. The van der Waals surface area contributed by atoms with Crippen molar-refractivity contribution in [3.05, 3.63) is 55.7 Å². The van der Waals surface area contributed by atoms with Gasteiger partial charge in [0.1, 0.15) is 5.75 Å². The van der Waals surface area contributed by atoms with Crippen LogP contribution in [0.15, 0.2) is 34.8 Å². The Hall–Kier alpha value is -1.08. The second kappa shape index (κ2) is 10.6. The van der Waals surface area contributed by atoms with Crippen molar-refractivity contribution in [3.8, 4) is 5.75 Å². The molecule has 0 aliphatic carbocycles. The fourth-order valence-corrected chi connectivity index (χ4v) is 6.08. The highest BCUT2D eigenvalue weighted by atomic mass is 79.9. The molecule has 2 heterocycles. The van der Waals surface area contributed by atoms with Gasteiger partial charge in [-0.1, -0.05) is 25.5 Å². The molecule has 1 saturated heterocycles. The predicted octanol–water partition coefficient (Wildman–Crippen LogP) is 5.92. The van der Waals surface area contributed by atoms with Crippen molar-refractivity contribution < 1.29 is 9.53 Å². The van der Waals surface area contributed by atoms with Crippen LogP contribution in [0.4, 0.5) is 0 Å². The quantitative estimate of drug-likeness (QED) is 0.347. The number of halogens is 1. The molecule has 0 N–H and O–H groups in total. The third kappa shape index (κ3) is 5.72. The van der Waals surface area contributed by atoms with Crippen LogP contribution in [0.25, 0.3) is 6.08 Å². The summed E-state index contributed by atoms with van der Waals surface area (Å²) in [5.74, 6) is 3.34. The second-order valence-electron chi connectivity index (χ2n) is 6.79. The molecule has 0 radical (unpaired) electrons. The number of rotatable bonds is 8. The normalized spacial score (nSPS) is 15.2. The van der Waals surface area contributed by atoms with Gasteiger partial charge in [-0.15, -0.1) is 11.3 Å². The number of nitrogens with zero attached hydrogens (tertiary/aromatic N) is 1. The molecule has 0 bridgehead atoms. The number of allylic oxidation sites excluding steroid dienone is 1. The first kappa shape index (κ1) is 21.6. The van der Waals surface area contributed by atoms with Crippen LogP contribution >= 0.6 is 39.0 Å². The van der Waals surface area contributed by atoms with E-state index in [4.69, 9.17) is 4.74 Å². The molecule has 0 spiro atoms. The molecule has 3 nitrogen and oxygen atoms in total. The second-order valence-corrected chi connectivity index (χ2v) is 10.0. The van der Waals surface area contributed by atoms with Gasteiger partial charge in [-0.25, -0.2) is 0 Å². The van der Waals surface area contributed by atoms with E-state index in [1.165, 1.54) is 21.9 Å². The molecule has 0 amide bonds. The Morgan fingerprint density at radius 3 is 2.79 bits per heavy atom. The van der Waals surface area contributed by atoms with E-state index in [2.05, 4.69) is 33.8 Å². The summed E-state index contributed by atoms with van der Waals surface area (Å²) in [4.78, 5) is 17.1. The highest BCUT2D eigenvalue weighted by molar-refractivity contribution is 9.10. The number of benzene rings is 1. The maximum absolute atomic E-state index is 12.6. The van der Waals surface area contributed by atoms with Gasteiger partial charge in [0.2, 0.25) is 0 Å². The number of carbonyl (C=O) groups is 1. The van der Waals surface area contributed by atoms with Crippen molar-refractivity contribution >= 4 is 50.9 Å². The molecule has 150 valence electrons. The zero-order chi connectivity index (χ0) is 19.9. The van der Waals surface area contributed by atoms with E-state index >= 15 is 0 Å². The van der Waals surface area contributed by atoms with Crippen LogP contribution in [0.5, 0.6) is 5.75 Å². The zero-order valence-electron chi connectivity index (χ0n) is 16.4. The number of methoxy groups -OCH3 is 1. The fourth-order valence-electron chi connectivity index (χ4n) is 3.21. The van der Waals surface area contributed by atoms with Gasteiger partial charge in [0.25, 0.3) is 0 Å². The molecule has 2 aromatic rings. The van der Waals surface area contributed by atoms with Gasteiger partial charge in [0.05, 0.1) is 12.0 Å². The van der Waals surface area contributed by atoms with Crippen LogP contribution in [0.2, 0.25) is 0 Å². The van der Waals surface area contributed by atoms with Gasteiger partial charge < -0.3 is 4.74 Å². The van der Waals surface area contributed by atoms with Crippen LogP contribution < -0.4 is 4.74 Å². The Balaban J connectivity index is 1.73. The van der Waals surface area contributed by atoms with Crippen LogP contribution in [0, 0.1) is 0 Å². The van der Waals surface area contributed by atoms with Crippen molar-refractivity contribution in [2.24, 2.45) is 0 Å². The number of aryl methyl sites for hydroxylation is 1. The van der Waals surface area contributed by atoms with Gasteiger partial charge in [0.15, 0.2) is 5.78 Å². The smallest absolute Gasteiger partial charge is 0.195 e. The summed E-state index contributed by atoms with van der Waals surface area (Å²) in [6.07, 6.45) is 5.66. The Morgan fingerprint density at radius 1 is 1.29 bits per heavy atom. The molecule has 6 heteroatoms. The number of thioether (sulfide) groups is 1. The Morgan fingerprint density at radius 2 is 2.07 bits per heavy atom. The molecule has 0 saturated carbocycles. The first-order valence-corrected chi connectivity index (χ1v) is 12.3. The maximum atomic E-state index is 12.6. The Kier molecular flexibility index (Phi) is 8.21. The number of hydrogen-bond donors (Lipinski definition) is 0. The van der Waals surface area contributed by atoms with Crippen molar-refractivity contribution in [2.45, 2.75) is 26.3 Å². The summed E-state index contributed by atoms with van der Waals surface area (Å²) in [5.41, 5.74) is 2.20. The summed E-state index contributed by atoms with van der Waals surface area (Å²) >= 11 is 7.17. The molecule has 1 aromatic heterocycles. The van der Waals surface area contributed by atoms with E-state index in [1.54, 1.807) is 24.5 Å². The van der Waals surface area contributed by atoms with Gasteiger partial charge >= 0.3 is 0 Å². The van der Waals surface area contributed by atoms with E-state index < -0.39 is 0 Å². The van der Waals surface area contributed by atoms with Gasteiger partial charge in [-0.05, 0) is 52.2 Å². The summed E-state index contributed by atoms with van der Waals surface area (Å²) in [5, 5.41) is 0. The average Bonchev–Trinajstić information content (AvgIpc) is 3.08. The molecule has 1 aromatic carbocycles. The third-order valence-corrected chi connectivity index (χ3v) is 7.83. The lowest BCUT2D eigenvalue weighted by Crippen LogP contribution is -2.32. The van der Waals surface area contributed by atoms with Gasteiger partial charge in [-0.3, -0.25) is 9.69 Å². The molecular formula is C22H26BrNO2S2. The van der Waals surface area contributed by atoms with E-state index in [9.17, 15) is 4.79 Å². The van der Waals surface area contributed by atoms with Crippen LogP contribution in [0.3, 0.4) is 0 Å². The first-order valence-electron chi connectivity index (χ1n) is 9.58. The van der Waals surface area contributed by atoms with E-state index in [0.29, 0.717) is 0 Å². The Labute approximate surface area is 184 Å². The first-order chi connectivity index (χ1) is 13.6. The number of thiophene rings is 1. The van der Waals surface area contributed by atoms with Crippen LogP contribution in [-0.4, -0.2) is 42.4 Å².